The van der Waals surface area contributed by atoms with Crippen LogP contribution < -0.4 is 14.2 Å². The first-order valence-electron chi connectivity index (χ1n) is 5.00. The number of benzene rings is 1. The lowest BCUT2D eigenvalue weighted by atomic mass is 10.1. The highest BCUT2D eigenvalue weighted by atomic mass is 32.1. The number of carbonyl (C=O) groups excluding carboxylic acids is 1. The standard InChI is InChI=1S/C12H13NO4S/c1-15-9-6-8(12(14)13-4-5-18)7-10(16-2)11(9)17-3/h4-7H,1-3H3. The number of ether oxygens (including phenoxy) is 3. The van der Waals surface area contributed by atoms with Crippen molar-refractivity contribution in [1.82, 2.24) is 0 Å². The smallest absolute Gasteiger partial charge is 0.277 e. The Labute approximate surface area is 110 Å². The molecule has 0 fully saturated rings. The number of nitrogens with zero attached hydrogens (tertiary/aromatic N) is 1. The highest BCUT2D eigenvalue weighted by Gasteiger charge is 2.16. The summed E-state index contributed by atoms with van der Waals surface area (Å²) in [5, 5.41) is 1.26. The van der Waals surface area contributed by atoms with Gasteiger partial charge in [0.25, 0.3) is 5.91 Å². The molecule has 1 aromatic carbocycles. The van der Waals surface area contributed by atoms with Crippen LogP contribution in [-0.2, 0) is 0 Å². The number of amides is 1. The van der Waals surface area contributed by atoms with E-state index in [1.165, 1.54) is 45.0 Å². The molecule has 0 unspecified atom stereocenters. The van der Waals surface area contributed by atoms with Crippen LogP contribution in [-0.4, -0.2) is 38.8 Å². The van der Waals surface area contributed by atoms with Crippen LogP contribution in [0.5, 0.6) is 17.2 Å². The fraction of sp³-hybridized carbons (Fsp3) is 0.250. The first-order chi connectivity index (χ1) is 8.67. The molecule has 0 aromatic heterocycles. The van der Waals surface area contributed by atoms with E-state index in [2.05, 4.69) is 17.2 Å². The van der Waals surface area contributed by atoms with Crippen molar-refractivity contribution in [2.24, 2.45) is 4.99 Å². The van der Waals surface area contributed by atoms with Gasteiger partial charge in [-0.15, -0.1) is 0 Å². The topological polar surface area (TPSA) is 57.1 Å². The summed E-state index contributed by atoms with van der Waals surface area (Å²) < 4.78 is 15.4. The van der Waals surface area contributed by atoms with Gasteiger partial charge in [-0.2, -0.15) is 0 Å². The number of hydrogen-bond acceptors (Lipinski definition) is 5. The summed E-state index contributed by atoms with van der Waals surface area (Å²) in [7, 11) is 4.45. The van der Waals surface area contributed by atoms with Gasteiger partial charge in [-0.3, -0.25) is 4.79 Å². The number of aliphatic imine (C=N–C) groups is 1. The third-order valence-electron chi connectivity index (χ3n) is 2.16. The molecule has 1 rings (SSSR count). The molecule has 0 saturated carbocycles. The van der Waals surface area contributed by atoms with Crippen molar-refractivity contribution in [3.05, 3.63) is 17.7 Å². The van der Waals surface area contributed by atoms with E-state index >= 15 is 0 Å². The molecule has 0 atom stereocenters. The number of carbonyl (C=O) groups is 1. The third kappa shape index (κ3) is 3.04. The zero-order valence-electron chi connectivity index (χ0n) is 10.3. The number of thiocarbonyl (C=S) groups is 1. The zero-order chi connectivity index (χ0) is 13.5. The van der Waals surface area contributed by atoms with Crippen LogP contribution >= 0.6 is 12.2 Å². The lowest BCUT2D eigenvalue weighted by molar-refractivity contribution is 0.100. The maximum Gasteiger partial charge on any atom is 0.277 e. The second kappa shape index (κ2) is 6.70. The number of rotatable bonds is 5. The second-order valence-electron chi connectivity index (χ2n) is 3.13. The molecule has 0 N–H and O–H groups in total. The fourth-order valence-electron chi connectivity index (χ4n) is 1.38. The van der Waals surface area contributed by atoms with Crippen molar-refractivity contribution < 1.29 is 19.0 Å². The first-order valence-corrected chi connectivity index (χ1v) is 5.47. The van der Waals surface area contributed by atoms with Gasteiger partial charge in [-0.1, -0.05) is 12.2 Å². The van der Waals surface area contributed by atoms with Crippen molar-refractivity contribution in [3.63, 3.8) is 0 Å². The molecule has 0 spiro atoms. The minimum Gasteiger partial charge on any atom is -0.493 e. The molecule has 18 heavy (non-hydrogen) atoms. The van der Waals surface area contributed by atoms with E-state index in [1.807, 2.05) is 0 Å². The van der Waals surface area contributed by atoms with E-state index in [0.717, 1.165) is 0 Å². The van der Waals surface area contributed by atoms with Crippen LogP contribution in [0.1, 0.15) is 10.4 Å². The SMILES string of the molecule is COc1cc(C(=O)N=CC=S)cc(OC)c1OC. The number of methoxy groups -OCH3 is 3. The maximum absolute atomic E-state index is 11.7. The molecular weight excluding hydrogens is 254 g/mol. The Morgan fingerprint density at radius 3 is 2.11 bits per heavy atom. The Morgan fingerprint density at radius 1 is 1.17 bits per heavy atom. The molecule has 0 heterocycles. The van der Waals surface area contributed by atoms with Crippen molar-refractivity contribution in [2.45, 2.75) is 0 Å². The molecule has 0 saturated heterocycles. The number of hydrogen-bond donors (Lipinski definition) is 0. The minimum atomic E-state index is -0.435. The summed E-state index contributed by atoms with van der Waals surface area (Å²) in [4.78, 5) is 15.4. The van der Waals surface area contributed by atoms with Crippen LogP contribution in [0.2, 0.25) is 0 Å². The predicted octanol–water partition coefficient (Wildman–Crippen LogP) is 1.92. The molecule has 1 amide bonds. The van der Waals surface area contributed by atoms with Gasteiger partial charge in [-0.25, -0.2) is 4.99 Å². The maximum atomic E-state index is 11.7. The fourth-order valence-corrected chi connectivity index (χ4v) is 1.44. The second-order valence-corrected chi connectivity index (χ2v) is 3.41. The highest BCUT2D eigenvalue weighted by Crippen LogP contribution is 2.38. The summed E-state index contributed by atoms with van der Waals surface area (Å²) in [6, 6.07) is 3.06. The molecule has 0 aliphatic heterocycles. The van der Waals surface area contributed by atoms with E-state index in [-0.39, 0.29) is 0 Å². The lowest BCUT2D eigenvalue weighted by Gasteiger charge is -2.12. The Hall–Kier alpha value is -1.95. The van der Waals surface area contributed by atoms with E-state index in [9.17, 15) is 4.79 Å². The van der Waals surface area contributed by atoms with Crippen LogP contribution in [0.25, 0.3) is 0 Å². The van der Waals surface area contributed by atoms with E-state index < -0.39 is 5.91 Å². The average Bonchev–Trinajstić information content (AvgIpc) is 2.42. The molecule has 0 aliphatic carbocycles. The molecule has 96 valence electrons. The normalized spacial score (nSPS) is 10.2. The van der Waals surface area contributed by atoms with Crippen molar-refractivity contribution in [1.29, 1.82) is 0 Å². The first kappa shape index (κ1) is 14.1. The Bertz CT molecular complexity index is 460. The Balaban J connectivity index is 3.26. The van der Waals surface area contributed by atoms with Crippen molar-refractivity contribution in [3.8, 4) is 17.2 Å². The lowest BCUT2D eigenvalue weighted by Crippen LogP contribution is -2.01. The van der Waals surface area contributed by atoms with Gasteiger partial charge in [0.2, 0.25) is 5.75 Å². The molecular formula is C12H13NO4S. The monoisotopic (exact) mass is 267 g/mol. The summed E-state index contributed by atoms with van der Waals surface area (Å²) in [5.41, 5.74) is 0.331. The van der Waals surface area contributed by atoms with Gasteiger partial charge in [0.15, 0.2) is 11.5 Å². The van der Waals surface area contributed by atoms with E-state index in [1.54, 1.807) is 0 Å². The van der Waals surface area contributed by atoms with Crippen LogP contribution in [0.4, 0.5) is 0 Å². The highest BCUT2D eigenvalue weighted by molar-refractivity contribution is 7.80. The predicted molar refractivity (Wildman–Crippen MR) is 72.6 cm³/mol. The van der Waals surface area contributed by atoms with E-state index in [4.69, 9.17) is 14.2 Å². The van der Waals surface area contributed by atoms with Crippen LogP contribution in [0.15, 0.2) is 17.1 Å². The zero-order valence-corrected chi connectivity index (χ0v) is 11.1. The molecule has 1 aromatic rings. The van der Waals surface area contributed by atoms with Crippen molar-refractivity contribution in [2.75, 3.05) is 21.3 Å². The minimum absolute atomic E-state index is 0.331. The molecule has 0 bridgehead atoms. The van der Waals surface area contributed by atoms with E-state index in [0.29, 0.717) is 22.8 Å². The van der Waals surface area contributed by atoms with Gasteiger partial charge in [-0.05, 0) is 12.1 Å². The van der Waals surface area contributed by atoms with Gasteiger partial charge in [0.1, 0.15) is 0 Å². The van der Waals surface area contributed by atoms with Gasteiger partial charge in [0, 0.05) is 17.1 Å². The third-order valence-corrected chi connectivity index (χ3v) is 2.29. The molecule has 0 radical (unpaired) electrons. The van der Waals surface area contributed by atoms with Gasteiger partial charge >= 0.3 is 0 Å². The Kier molecular flexibility index (Phi) is 5.26. The van der Waals surface area contributed by atoms with Gasteiger partial charge < -0.3 is 14.2 Å². The molecule has 5 nitrogen and oxygen atoms in total. The van der Waals surface area contributed by atoms with Crippen molar-refractivity contribution >= 4 is 29.7 Å². The summed E-state index contributed by atoms with van der Waals surface area (Å²) in [6.07, 6.45) is 1.25. The quantitative estimate of drug-likeness (QED) is 0.602. The van der Waals surface area contributed by atoms with Crippen LogP contribution in [0.3, 0.4) is 0 Å². The van der Waals surface area contributed by atoms with Crippen LogP contribution in [0, 0.1) is 0 Å². The summed E-state index contributed by atoms with van der Waals surface area (Å²) in [5.74, 6) is 0.793. The van der Waals surface area contributed by atoms with Gasteiger partial charge in [0.05, 0.1) is 21.3 Å². The summed E-state index contributed by atoms with van der Waals surface area (Å²) >= 11 is 4.56. The average molecular weight is 267 g/mol. The molecule has 0 aliphatic rings. The summed E-state index contributed by atoms with van der Waals surface area (Å²) in [6.45, 7) is 0. The largest absolute Gasteiger partial charge is 0.493 e. The Morgan fingerprint density at radius 2 is 1.72 bits per heavy atom. The molecule has 6 heteroatoms.